The van der Waals surface area contributed by atoms with Gasteiger partial charge in [-0.1, -0.05) is 44.2 Å². The second kappa shape index (κ2) is 5.68. The van der Waals surface area contributed by atoms with E-state index in [1.807, 2.05) is 56.3 Å². The van der Waals surface area contributed by atoms with Gasteiger partial charge in [-0.2, -0.15) is 0 Å². The van der Waals surface area contributed by atoms with Gasteiger partial charge in [-0.3, -0.25) is 9.90 Å². The fraction of sp³-hybridized carbons (Fsp3) is 0.211. The Balaban J connectivity index is 2.13. The van der Waals surface area contributed by atoms with Crippen LogP contribution in [0.1, 0.15) is 24.2 Å². The highest BCUT2D eigenvalue weighted by Crippen LogP contribution is 2.32. The van der Waals surface area contributed by atoms with Gasteiger partial charge in [-0.05, 0) is 40.3 Å². The molecule has 0 aliphatic carbocycles. The van der Waals surface area contributed by atoms with Gasteiger partial charge in [0.25, 0.3) is 5.91 Å². The van der Waals surface area contributed by atoms with Gasteiger partial charge in [-0.25, -0.2) is 0 Å². The van der Waals surface area contributed by atoms with Crippen LogP contribution in [-0.2, 0) is 5.11 Å². The fourth-order valence-electron chi connectivity index (χ4n) is 2.61. The standard InChI is InChI=1S/C19H18NO2/c1-12(2)11-20-19(22)14-9-17-15-6-4-3-5-13(15)7-8-16(17)18(21)10-14/h3-10,12H,11H2,1-2H3,(H,20,22). The molecule has 0 atom stereocenters. The number of nitrogens with one attached hydrogen (secondary N) is 1. The van der Waals surface area contributed by atoms with Crippen molar-refractivity contribution in [1.29, 1.82) is 0 Å². The molecule has 0 aliphatic rings. The third-order valence-corrected chi connectivity index (χ3v) is 3.76. The van der Waals surface area contributed by atoms with Crippen molar-refractivity contribution in [2.24, 2.45) is 5.92 Å². The average Bonchev–Trinajstić information content (AvgIpc) is 2.52. The normalized spacial score (nSPS) is 11.2. The van der Waals surface area contributed by atoms with Crippen LogP contribution in [0.3, 0.4) is 0 Å². The number of hydrogen-bond acceptors (Lipinski definition) is 1. The number of carbonyl (C=O) groups is 1. The van der Waals surface area contributed by atoms with Gasteiger partial charge in [0, 0.05) is 17.5 Å². The largest absolute Gasteiger partial charge is 0.352 e. The van der Waals surface area contributed by atoms with Crippen molar-refractivity contribution in [2.75, 3.05) is 6.54 Å². The number of rotatable bonds is 3. The van der Waals surface area contributed by atoms with E-state index in [9.17, 15) is 9.90 Å². The molecule has 0 spiro atoms. The van der Waals surface area contributed by atoms with E-state index in [0.717, 1.165) is 16.2 Å². The van der Waals surface area contributed by atoms with Crippen molar-refractivity contribution in [1.82, 2.24) is 5.32 Å². The Kier molecular flexibility index (Phi) is 3.72. The molecule has 3 nitrogen and oxygen atoms in total. The molecule has 0 fully saturated rings. The van der Waals surface area contributed by atoms with Crippen molar-refractivity contribution in [3.05, 3.63) is 54.1 Å². The lowest BCUT2D eigenvalue weighted by molar-refractivity contribution is 0.0948. The molecule has 0 heterocycles. The van der Waals surface area contributed by atoms with Crippen LogP contribution in [0.15, 0.2) is 48.5 Å². The maximum Gasteiger partial charge on any atom is 0.251 e. The summed E-state index contributed by atoms with van der Waals surface area (Å²) in [5.41, 5.74) is 0.425. The van der Waals surface area contributed by atoms with Crippen LogP contribution >= 0.6 is 0 Å². The molecule has 22 heavy (non-hydrogen) atoms. The minimum atomic E-state index is -0.194. The summed E-state index contributed by atoms with van der Waals surface area (Å²) in [6.07, 6.45) is 0. The van der Waals surface area contributed by atoms with E-state index in [2.05, 4.69) is 5.32 Å². The Morgan fingerprint density at radius 2 is 1.77 bits per heavy atom. The van der Waals surface area contributed by atoms with Gasteiger partial charge in [0.1, 0.15) is 0 Å². The molecule has 0 unspecified atom stereocenters. The summed E-state index contributed by atoms with van der Waals surface area (Å²) < 4.78 is 0. The maximum atomic E-state index is 12.3. The van der Waals surface area contributed by atoms with Crippen LogP contribution in [0, 0.1) is 5.92 Å². The summed E-state index contributed by atoms with van der Waals surface area (Å²) in [6, 6.07) is 14.9. The van der Waals surface area contributed by atoms with Gasteiger partial charge < -0.3 is 5.32 Å². The molecule has 3 aromatic carbocycles. The first kappa shape index (κ1) is 14.4. The maximum absolute atomic E-state index is 12.3. The highest BCUT2D eigenvalue weighted by atomic mass is 16.3. The van der Waals surface area contributed by atoms with Crippen molar-refractivity contribution in [3.63, 3.8) is 0 Å². The SMILES string of the molecule is CC(C)CNC(=O)c1cc([O])c2ccc3ccccc3c2c1. The van der Waals surface area contributed by atoms with Gasteiger partial charge in [0.2, 0.25) is 0 Å². The quantitative estimate of drug-likeness (QED) is 0.709. The summed E-state index contributed by atoms with van der Waals surface area (Å²) in [5, 5.41) is 18.7. The van der Waals surface area contributed by atoms with Gasteiger partial charge in [-0.15, -0.1) is 0 Å². The summed E-state index contributed by atoms with van der Waals surface area (Å²) in [4.78, 5) is 12.2. The number of benzene rings is 3. The van der Waals surface area contributed by atoms with Gasteiger partial charge in [0.15, 0.2) is 5.75 Å². The highest BCUT2D eigenvalue weighted by Gasteiger charge is 2.12. The zero-order valence-corrected chi connectivity index (χ0v) is 12.7. The Hall–Kier alpha value is -2.55. The van der Waals surface area contributed by atoms with Crippen molar-refractivity contribution in [2.45, 2.75) is 13.8 Å². The average molecular weight is 292 g/mol. The zero-order valence-electron chi connectivity index (χ0n) is 12.7. The van der Waals surface area contributed by atoms with E-state index < -0.39 is 0 Å². The Morgan fingerprint density at radius 3 is 2.55 bits per heavy atom. The molecule has 0 saturated carbocycles. The van der Waals surface area contributed by atoms with E-state index >= 15 is 0 Å². The minimum absolute atomic E-state index is 0.113. The molecule has 0 aliphatic heterocycles. The molecule has 3 heteroatoms. The monoisotopic (exact) mass is 292 g/mol. The number of hydrogen-bond donors (Lipinski definition) is 1. The second-order valence-electron chi connectivity index (χ2n) is 5.96. The summed E-state index contributed by atoms with van der Waals surface area (Å²) >= 11 is 0. The lowest BCUT2D eigenvalue weighted by Gasteiger charge is -2.10. The number of carbonyl (C=O) groups excluding carboxylic acids is 1. The molecular formula is C19H18NO2. The lowest BCUT2D eigenvalue weighted by atomic mass is 9.99. The Morgan fingerprint density at radius 1 is 1.00 bits per heavy atom. The van der Waals surface area contributed by atoms with Crippen LogP contribution in [-0.4, -0.2) is 12.5 Å². The fourth-order valence-corrected chi connectivity index (χ4v) is 2.61. The molecule has 1 radical (unpaired) electrons. The molecule has 3 rings (SSSR count). The van der Waals surface area contributed by atoms with Crippen molar-refractivity contribution in [3.8, 4) is 5.75 Å². The van der Waals surface area contributed by atoms with Crippen LogP contribution in [0.5, 0.6) is 5.75 Å². The third kappa shape index (κ3) is 2.62. The van der Waals surface area contributed by atoms with Crippen LogP contribution in [0.25, 0.3) is 21.5 Å². The Bertz CT molecular complexity index is 853. The molecule has 1 amide bonds. The summed E-state index contributed by atoms with van der Waals surface area (Å²) in [7, 11) is 0. The molecule has 3 aromatic rings. The molecular weight excluding hydrogens is 274 g/mol. The molecule has 0 saturated heterocycles. The predicted octanol–water partition coefficient (Wildman–Crippen LogP) is 4.52. The lowest BCUT2D eigenvalue weighted by Crippen LogP contribution is -2.27. The first-order valence-corrected chi connectivity index (χ1v) is 7.47. The van der Waals surface area contributed by atoms with Gasteiger partial charge >= 0.3 is 0 Å². The topological polar surface area (TPSA) is 49.0 Å². The van der Waals surface area contributed by atoms with Crippen molar-refractivity contribution < 1.29 is 9.90 Å². The van der Waals surface area contributed by atoms with E-state index in [1.54, 1.807) is 0 Å². The smallest absolute Gasteiger partial charge is 0.251 e. The highest BCUT2D eigenvalue weighted by molar-refractivity contribution is 6.12. The zero-order chi connectivity index (χ0) is 15.7. The second-order valence-corrected chi connectivity index (χ2v) is 5.96. The molecule has 1 N–H and O–H groups in total. The Labute approximate surface area is 129 Å². The van der Waals surface area contributed by atoms with Crippen LogP contribution in [0.2, 0.25) is 0 Å². The number of amides is 1. The van der Waals surface area contributed by atoms with Crippen LogP contribution < -0.4 is 5.32 Å². The van der Waals surface area contributed by atoms with Crippen molar-refractivity contribution >= 4 is 27.5 Å². The molecule has 111 valence electrons. The van der Waals surface area contributed by atoms with Gasteiger partial charge in [0.05, 0.1) is 0 Å². The van der Waals surface area contributed by atoms with E-state index in [-0.39, 0.29) is 11.7 Å². The summed E-state index contributed by atoms with van der Waals surface area (Å²) in [6.45, 7) is 4.67. The van der Waals surface area contributed by atoms with Crippen LogP contribution in [0.4, 0.5) is 0 Å². The predicted molar refractivity (Wildman–Crippen MR) is 88.8 cm³/mol. The van der Waals surface area contributed by atoms with E-state index in [4.69, 9.17) is 0 Å². The molecule has 0 aromatic heterocycles. The third-order valence-electron chi connectivity index (χ3n) is 3.76. The first-order chi connectivity index (χ1) is 10.6. The van der Waals surface area contributed by atoms with E-state index in [1.165, 1.54) is 6.07 Å². The minimum Gasteiger partial charge on any atom is -0.352 e. The molecule has 0 bridgehead atoms. The summed E-state index contributed by atoms with van der Waals surface area (Å²) in [5.74, 6) is 0.0653. The first-order valence-electron chi connectivity index (χ1n) is 7.47. The number of fused-ring (bicyclic) bond motifs is 3. The van der Waals surface area contributed by atoms with E-state index in [0.29, 0.717) is 23.4 Å².